The molecule has 0 bridgehead atoms. The van der Waals surface area contributed by atoms with Crippen molar-refractivity contribution in [3.63, 3.8) is 0 Å². The van der Waals surface area contributed by atoms with Gasteiger partial charge in [0.05, 0.1) is 33.9 Å². The van der Waals surface area contributed by atoms with Crippen LogP contribution in [0.1, 0.15) is 187 Å². The Labute approximate surface area is 373 Å². The third kappa shape index (κ3) is 45.5. The molecule has 0 fully saturated rings. The lowest BCUT2D eigenvalue weighted by Crippen LogP contribution is -2.37. The number of carbonyl (C=O) groups excluding carboxylic acids is 2. The number of allylic oxidation sites excluding steroid dienone is 10. The lowest BCUT2D eigenvalue weighted by molar-refractivity contribution is -0.870. The second-order valence-corrected chi connectivity index (χ2v) is 18.7. The van der Waals surface area contributed by atoms with Crippen molar-refractivity contribution in [3.05, 3.63) is 60.8 Å². The van der Waals surface area contributed by atoms with Crippen LogP contribution >= 0.6 is 7.82 Å². The Balaban J connectivity index is 4.40. The first-order chi connectivity index (χ1) is 29.4. The van der Waals surface area contributed by atoms with Crippen molar-refractivity contribution in [3.8, 4) is 0 Å². The molecule has 1 unspecified atom stereocenters. The van der Waals surface area contributed by atoms with Gasteiger partial charge in [0.2, 0.25) is 0 Å². The quantitative estimate of drug-likeness (QED) is 0.0209. The maximum Gasteiger partial charge on any atom is 0.306 e. The Morgan fingerprint density at radius 3 is 1.59 bits per heavy atom. The molecule has 0 spiro atoms. The molecule has 61 heavy (non-hydrogen) atoms. The zero-order chi connectivity index (χ0) is 45.1. The molecule has 0 aromatic carbocycles. The number of hydrogen-bond acceptors (Lipinski definition) is 9. The van der Waals surface area contributed by atoms with E-state index >= 15 is 0 Å². The largest absolute Gasteiger partial charge is 0.756 e. The summed E-state index contributed by atoms with van der Waals surface area (Å²) < 4.78 is 33.9. The fourth-order valence-electron chi connectivity index (χ4n) is 6.21. The molecule has 0 aliphatic rings. The second-order valence-electron chi connectivity index (χ2n) is 17.3. The van der Waals surface area contributed by atoms with Gasteiger partial charge in [-0.25, -0.2) is 0 Å². The van der Waals surface area contributed by atoms with Crippen LogP contribution in [0.25, 0.3) is 0 Å². The van der Waals surface area contributed by atoms with Crippen molar-refractivity contribution in [1.82, 2.24) is 0 Å². The van der Waals surface area contributed by atoms with Crippen LogP contribution in [-0.2, 0) is 32.7 Å². The van der Waals surface area contributed by atoms with Gasteiger partial charge in [0.25, 0.3) is 7.82 Å². The van der Waals surface area contributed by atoms with Crippen LogP contribution in [-0.4, -0.2) is 81.2 Å². The molecule has 0 aromatic heterocycles. The van der Waals surface area contributed by atoms with Crippen molar-refractivity contribution >= 4 is 19.8 Å². The zero-order valence-electron chi connectivity index (χ0n) is 39.5. The van der Waals surface area contributed by atoms with Crippen molar-refractivity contribution < 1.29 is 47.2 Å². The molecule has 0 heterocycles. The Hall–Kier alpha value is -2.33. The lowest BCUT2D eigenvalue weighted by Gasteiger charge is -2.28. The third-order valence-electron chi connectivity index (χ3n) is 10.2. The van der Waals surface area contributed by atoms with Gasteiger partial charge in [-0.2, -0.15) is 0 Å². The van der Waals surface area contributed by atoms with Gasteiger partial charge in [-0.05, 0) is 83.5 Å². The number of esters is 2. The minimum Gasteiger partial charge on any atom is -0.756 e. The van der Waals surface area contributed by atoms with Crippen LogP contribution in [0.2, 0.25) is 0 Å². The van der Waals surface area contributed by atoms with Crippen molar-refractivity contribution in [2.75, 3.05) is 47.5 Å². The predicted octanol–water partition coefficient (Wildman–Crippen LogP) is 12.4. The highest BCUT2D eigenvalue weighted by atomic mass is 31.2. The van der Waals surface area contributed by atoms with Gasteiger partial charge in [-0.1, -0.05) is 152 Å². The molecule has 0 radical (unpaired) electrons. The molecule has 0 aliphatic carbocycles. The topological polar surface area (TPSA) is 131 Å². The first-order valence-electron chi connectivity index (χ1n) is 24.1. The van der Waals surface area contributed by atoms with Crippen LogP contribution in [0, 0.1) is 0 Å². The van der Waals surface area contributed by atoms with E-state index in [1.54, 1.807) is 0 Å². The molecule has 11 heteroatoms. The minimum absolute atomic E-state index is 0.0496. The van der Waals surface area contributed by atoms with Crippen LogP contribution in [0.15, 0.2) is 60.8 Å². The summed E-state index contributed by atoms with van der Waals surface area (Å²) in [6, 6.07) is 0. The summed E-state index contributed by atoms with van der Waals surface area (Å²) in [6.07, 6.45) is 47.7. The number of rotatable bonds is 43. The molecule has 0 rings (SSSR count). The summed E-state index contributed by atoms with van der Waals surface area (Å²) in [6.45, 7) is 3.87. The zero-order valence-corrected chi connectivity index (χ0v) is 40.4. The predicted molar refractivity (Wildman–Crippen MR) is 251 cm³/mol. The number of phosphoric acid groups is 1. The summed E-state index contributed by atoms with van der Waals surface area (Å²) in [5, 5.41) is 9.58. The molecular formula is C50H90NO9P. The fourth-order valence-corrected chi connectivity index (χ4v) is 6.94. The lowest BCUT2D eigenvalue weighted by atomic mass is 10.1. The van der Waals surface area contributed by atoms with Gasteiger partial charge in [0.15, 0.2) is 6.10 Å². The number of hydrogen-bond donors (Lipinski definition) is 1. The maximum atomic E-state index is 12.7. The van der Waals surface area contributed by atoms with Gasteiger partial charge < -0.3 is 33.0 Å². The van der Waals surface area contributed by atoms with Crippen molar-refractivity contribution in [1.29, 1.82) is 0 Å². The van der Waals surface area contributed by atoms with Crippen LogP contribution in [0.3, 0.4) is 0 Å². The van der Waals surface area contributed by atoms with E-state index in [-0.39, 0.29) is 32.2 Å². The molecule has 0 amide bonds. The number of unbranched alkanes of at least 4 members (excludes halogenated alkanes) is 16. The number of phosphoric ester groups is 1. The maximum absolute atomic E-state index is 12.7. The van der Waals surface area contributed by atoms with E-state index < -0.39 is 32.5 Å². The summed E-state index contributed by atoms with van der Waals surface area (Å²) >= 11 is 0. The Kier molecular flexibility index (Phi) is 40.1. The monoisotopic (exact) mass is 880 g/mol. The van der Waals surface area contributed by atoms with Gasteiger partial charge in [-0.15, -0.1) is 0 Å². The van der Waals surface area contributed by atoms with Crippen LogP contribution in [0.5, 0.6) is 0 Å². The van der Waals surface area contributed by atoms with E-state index in [1.165, 1.54) is 83.5 Å². The molecule has 0 aliphatic heterocycles. The van der Waals surface area contributed by atoms with E-state index in [4.69, 9.17) is 18.5 Å². The Morgan fingerprint density at radius 2 is 1.05 bits per heavy atom. The molecule has 0 saturated heterocycles. The number of carbonyl (C=O) groups is 2. The number of ether oxygens (including phenoxy) is 2. The van der Waals surface area contributed by atoms with Crippen molar-refractivity contribution in [2.24, 2.45) is 0 Å². The highest BCUT2D eigenvalue weighted by Crippen LogP contribution is 2.38. The summed E-state index contributed by atoms with van der Waals surface area (Å²) in [7, 11) is 1.10. The summed E-state index contributed by atoms with van der Waals surface area (Å²) in [4.78, 5) is 37.6. The molecule has 3 atom stereocenters. The normalized spacial score (nSPS) is 14.5. The first-order valence-corrected chi connectivity index (χ1v) is 25.5. The number of likely N-dealkylation sites (N-methyl/N-ethyl adjacent to an activating group) is 1. The molecular weight excluding hydrogens is 790 g/mol. The molecule has 1 N–H and O–H groups in total. The molecule has 10 nitrogen and oxygen atoms in total. The number of aliphatic hydroxyl groups excluding tert-OH is 1. The Bertz CT molecular complexity index is 1240. The van der Waals surface area contributed by atoms with Gasteiger partial charge in [0.1, 0.15) is 19.8 Å². The van der Waals surface area contributed by atoms with E-state index in [2.05, 4.69) is 61.6 Å². The standard InChI is InChI=1S/C50H90NO9P/c1-6-8-9-10-11-12-13-14-15-16-17-18-19-23-26-29-32-35-38-41-49(53)57-45-48(46-59-61(55,56)58-44-43-51(3,4)5)60-50(54)42-39-36-33-30-27-24-21-20-22-25-28-31-34-37-40-47(52)7-2/h14-15,21-22,24-25,30-31,33-34,47-48,52H,6-13,16-20,23,26-29,32,35-46H2,1-5H3/b15-14-,24-21-,25-22-,33-30-,34-31-/t47-,48-/m1/s1. The molecule has 0 aromatic rings. The average Bonchev–Trinajstić information content (AvgIpc) is 3.21. The fraction of sp³-hybridized carbons (Fsp3) is 0.760. The van der Waals surface area contributed by atoms with Gasteiger partial charge >= 0.3 is 11.9 Å². The summed E-state index contributed by atoms with van der Waals surface area (Å²) in [5.74, 6) is -0.922. The van der Waals surface area contributed by atoms with Gasteiger partial charge in [0, 0.05) is 12.8 Å². The van der Waals surface area contributed by atoms with Crippen LogP contribution < -0.4 is 4.89 Å². The SMILES string of the molecule is CCCCCCCC/C=C\CCCCCCCCCCCC(=O)OC[C@H](COP(=O)([O-])OCC[N+](C)(C)C)OC(=O)CCC/C=C\C/C=C\C/C=C\C/C=C\CC[C@H](O)CC. The highest BCUT2D eigenvalue weighted by molar-refractivity contribution is 7.45. The number of aliphatic hydroxyl groups is 1. The third-order valence-corrected chi connectivity index (χ3v) is 11.1. The highest BCUT2D eigenvalue weighted by Gasteiger charge is 2.21. The number of nitrogens with zero attached hydrogens (tertiary/aromatic N) is 1. The summed E-state index contributed by atoms with van der Waals surface area (Å²) in [5.41, 5.74) is 0. The van der Waals surface area contributed by atoms with Crippen molar-refractivity contribution in [2.45, 2.75) is 199 Å². The Morgan fingerprint density at radius 1 is 0.590 bits per heavy atom. The van der Waals surface area contributed by atoms with E-state index in [0.29, 0.717) is 30.3 Å². The van der Waals surface area contributed by atoms with E-state index in [9.17, 15) is 24.2 Å². The van der Waals surface area contributed by atoms with E-state index in [0.717, 1.165) is 57.8 Å². The average molecular weight is 880 g/mol. The smallest absolute Gasteiger partial charge is 0.306 e. The van der Waals surface area contributed by atoms with Crippen LogP contribution in [0.4, 0.5) is 0 Å². The van der Waals surface area contributed by atoms with E-state index in [1.807, 2.05) is 34.1 Å². The molecule has 0 saturated carbocycles. The second kappa shape index (κ2) is 41.7. The first kappa shape index (κ1) is 58.7. The minimum atomic E-state index is -4.65. The number of quaternary nitrogens is 1. The molecule has 354 valence electrons. The van der Waals surface area contributed by atoms with Gasteiger partial charge in [-0.3, -0.25) is 14.2 Å².